The number of rotatable bonds is 5. The first-order valence-electron chi connectivity index (χ1n) is 10.1. The van der Waals surface area contributed by atoms with Gasteiger partial charge in [0.2, 0.25) is 0 Å². The second kappa shape index (κ2) is 8.55. The van der Waals surface area contributed by atoms with Crippen molar-refractivity contribution in [1.29, 1.82) is 0 Å². The van der Waals surface area contributed by atoms with Crippen molar-refractivity contribution >= 4 is 29.1 Å². The van der Waals surface area contributed by atoms with Gasteiger partial charge in [-0.1, -0.05) is 17.7 Å². The average Bonchev–Trinajstić information content (AvgIpc) is 3.51. The van der Waals surface area contributed by atoms with Crippen molar-refractivity contribution in [3.8, 4) is 5.69 Å². The Morgan fingerprint density at radius 3 is 2.52 bits per heavy atom. The van der Waals surface area contributed by atoms with Gasteiger partial charge in [-0.2, -0.15) is 18.3 Å². The lowest BCUT2D eigenvalue weighted by Gasteiger charge is -2.14. The highest BCUT2D eigenvalue weighted by atomic mass is 35.5. The maximum atomic E-state index is 13.2. The van der Waals surface area contributed by atoms with E-state index >= 15 is 0 Å². The second-order valence-electron chi connectivity index (χ2n) is 8.03. The smallest absolute Gasteiger partial charge is 0.345 e. The normalized spacial score (nSPS) is 13.6. The third-order valence-corrected chi connectivity index (χ3v) is 5.63. The van der Waals surface area contributed by atoms with Crippen molar-refractivity contribution in [3.63, 3.8) is 0 Å². The molecule has 172 valence electrons. The van der Waals surface area contributed by atoms with E-state index in [1.165, 1.54) is 40.0 Å². The Balaban J connectivity index is 1.68. The lowest BCUT2D eigenvalue weighted by atomic mass is 10.1. The van der Waals surface area contributed by atoms with Gasteiger partial charge in [0.05, 0.1) is 39.4 Å². The third kappa shape index (κ3) is 4.73. The maximum Gasteiger partial charge on any atom is 0.416 e. The molecule has 0 spiro atoms. The van der Waals surface area contributed by atoms with E-state index in [-0.39, 0.29) is 33.8 Å². The van der Waals surface area contributed by atoms with E-state index in [1.807, 2.05) is 0 Å². The molecule has 1 aliphatic carbocycles. The van der Waals surface area contributed by atoms with Crippen LogP contribution in [0.25, 0.3) is 5.69 Å². The van der Waals surface area contributed by atoms with Crippen LogP contribution in [-0.4, -0.2) is 40.6 Å². The third-order valence-electron chi connectivity index (χ3n) is 5.30. The minimum absolute atomic E-state index is 0.0138. The van der Waals surface area contributed by atoms with Crippen molar-refractivity contribution in [3.05, 3.63) is 76.1 Å². The summed E-state index contributed by atoms with van der Waals surface area (Å²) in [5.41, 5.74) is 0.822. The Kier molecular flexibility index (Phi) is 5.92. The van der Waals surface area contributed by atoms with Crippen LogP contribution in [0.4, 0.5) is 18.9 Å². The number of hydrogen-bond donors (Lipinski definition) is 1. The van der Waals surface area contributed by atoms with Crippen molar-refractivity contribution < 1.29 is 22.8 Å². The summed E-state index contributed by atoms with van der Waals surface area (Å²) in [5, 5.41) is 7.18. The molecule has 3 aromatic rings. The first kappa shape index (κ1) is 22.8. The van der Waals surface area contributed by atoms with Gasteiger partial charge in [-0.3, -0.25) is 9.59 Å². The monoisotopic (exact) mass is 476 g/mol. The zero-order valence-corrected chi connectivity index (χ0v) is 18.5. The molecule has 0 unspecified atom stereocenters. The molecule has 0 aliphatic heterocycles. The summed E-state index contributed by atoms with van der Waals surface area (Å²) in [5.74, 6) is -0.746. The topological polar surface area (TPSA) is 67.2 Å². The molecular formula is C23H20ClF3N4O2. The number of hydrogen-bond acceptors (Lipinski definition) is 3. The zero-order valence-electron chi connectivity index (χ0n) is 17.8. The Labute approximate surface area is 192 Å². The lowest BCUT2D eigenvalue weighted by molar-refractivity contribution is -0.137. The minimum Gasteiger partial charge on any atom is -0.345 e. The molecule has 0 saturated heterocycles. The van der Waals surface area contributed by atoms with E-state index in [0.717, 1.165) is 25.0 Å². The van der Waals surface area contributed by atoms with Crippen LogP contribution in [0.5, 0.6) is 0 Å². The van der Waals surface area contributed by atoms with Gasteiger partial charge in [-0.05, 0) is 49.2 Å². The molecule has 10 heteroatoms. The van der Waals surface area contributed by atoms with Gasteiger partial charge in [0.1, 0.15) is 0 Å². The highest BCUT2D eigenvalue weighted by Gasteiger charge is 2.34. The van der Waals surface area contributed by atoms with E-state index in [1.54, 1.807) is 20.2 Å². The first-order valence-corrected chi connectivity index (χ1v) is 10.5. The molecule has 0 bridgehead atoms. The fourth-order valence-electron chi connectivity index (χ4n) is 3.50. The van der Waals surface area contributed by atoms with E-state index in [9.17, 15) is 22.8 Å². The van der Waals surface area contributed by atoms with Gasteiger partial charge in [0.15, 0.2) is 0 Å². The molecule has 0 atom stereocenters. The Hall–Kier alpha value is -3.33. The minimum atomic E-state index is -4.49. The number of benzene rings is 2. The molecule has 33 heavy (non-hydrogen) atoms. The van der Waals surface area contributed by atoms with Crippen LogP contribution in [0, 0.1) is 0 Å². The molecule has 2 amide bonds. The average molecular weight is 477 g/mol. The molecule has 1 aromatic heterocycles. The van der Waals surface area contributed by atoms with Crippen LogP contribution < -0.4 is 5.32 Å². The SMILES string of the molecule is CN(C)C(=O)c1ccc(Cl)c(NC(=O)c2cnn(-c3cccc(C(F)(F)F)c3)c2C2CC2)c1. The summed E-state index contributed by atoms with van der Waals surface area (Å²) in [6, 6.07) is 9.38. The number of amides is 2. The van der Waals surface area contributed by atoms with E-state index in [0.29, 0.717) is 11.3 Å². The zero-order chi connectivity index (χ0) is 23.9. The van der Waals surface area contributed by atoms with Gasteiger partial charge >= 0.3 is 6.18 Å². The number of alkyl halides is 3. The van der Waals surface area contributed by atoms with Crippen LogP contribution in [0.3, 0.4) is 0 Å². The predicted molar refractivity (Wildman–Crippen MR) is 118 cm³/mol. The summed E-state index contributed by atoms with van der Waals surface area (Å²) >= 11 is 6.22. The van der Waals surface area contributed by atoms with E-state index in [2.05, 4.69) is 10.4 Å². The summed E-state index contributed by atoms with van der Waals surface area (Å²) in [4.78, 5) is 26.8. The van der Waals surface area contributed by atoms with Crippen molar-refractivity contribution in [2.75, 3.05) is 19.4 Å². The summed E-state index contributed by atoms with van der Waals surface area (Å²) < 4.78 is 40.9. The Morgan fingerprint density at radius 1 is 1.15 bits per heavy atom. The molecule has 1 saturated carbocycles. The van der Waals surface area contributed by atoms with Crippen LogP contribution in [0.1, 0.15) is 50.7 Å². The van der Waals surface area contributed by atoms with Gasteiger partial charge in [0.25, 0.3) is 11.8 Å². The largest absolute Gasteiger partial charge is 0.416 e. The molecule has 1 fully saturated rings. The maximum absolute atomic E-state index is 13.2. The predicted octanol–water partition coefficient (Wildman–Crippen LogP) is 5.38. The van der Waals surface area contributed by atoms with E-state index in [4.69, 9.17) is 11.6 Å². The number of halogens is 4. The number of carbonyl (C=O) groups excluding carboxylic acids is 2. The van der Waals surface area contributed by atoms with Gasteiger partial charge in [-0.15, -0.1) is 0 Å². The van der Waals surface area contributed by atoms with Crippen LogP contribution in [0.15, 0.2) is 48.7 Å². The quantitative estimate of drug-likeness (QED) is 0.538. The number of nitrogens with zero attached hydrogens (tertiary/aromatic N) is 3. The van der Waals surface area contributed by atoms with Crippen molar-refractivity contribution in [1.82, 2.24) is 14.7 Å². The molecule has 1 heterocycles. The highest BCUT2D eigenvalue weighted by Crippen LogP contribution is 2.43. The number of anilines is 1. The highest BCUT2D eigenvalue weighted by molar-refractivity contribution is 6.34. The van der Waals surface area contributed by atoms with Crippen LogP contribution in [-0.2, 0) is 6.18 Å². The molecule has 2 aromatic carbocycles. The summed E-state index contributed by atoms with van der Waals surface area (Å²) in [6.45, 7) is 0. The molecule has 0 radical (unpaired) electrons. The number of nitrogens with one attached hydrogen (secondary N) is 1. The van der Waals surface area contributed by atoms with Crippen molar-refractivity contribution in [2.24, 2.45) is 0 Å². The molecule has 1 aliphatic rings. The fraction of sp³-hybridized carbons (Fsp3) is 0.261. The van der Waals surface area contributed by atoms with Gasteiger partial charge in [-0.25, -0.2) is 4.68 Å². The standard InChI is InChI=1S/C23H20ClF3N4O2/c1-30(2)22(33)14-8-9-18(24)19(10-14)29-21(32)17-12-28-31(20(17)13-6-7-13)16-5-3-4-15(11-16)23(25,26)27/h3-5,8-13H,6-7H2,1-2H3,(H,29,32). The van der Waals surface area contributed by atoms with Gasteiger partial charge < -0.3 is 10.2 Å². The number of carbonyl (C=O) groups is 2. The number of aromatic nitrogens is 2. The van der Waals surface area contributed by atoms with Gasteiger partial charge in [0, 0.05) is 25.6 Å². The Bertz CT molecular complexity index is 1230. The van der Waals surface area contributed by atoms with E-state index < -0.39 is 17.6 Å². The molecular weight excluding hydrogens is 457 g/mol. The Morgan fingerprint density at radius 2 is 1.88 bits per heavy atom. The van der Waals surface area contributed by atoms with Crippen molar-refractivity contribution in [2.45, 2.75) is 24.9 Å². The van der Waals surface area contributed by atoms with Crippen LogP contribution >= 0.6 is 11.6 Å². The second-order valence-corrected chi connectivity index (χ2v) is 8.43. The first-order chi connectivity index (χ1) is 15.6. The summed E-state index contributed by atoms with van der Waals surface area (Å²) in [7, 11) is 3.22. The molecule has 1 N–H and O–H groups in total. The fourth-order valence-corrected chi connectivity index (χ4v) is 3.67. The summed E-state index contributed by atoms with van der Waals surface area (Å²) in [6.07, 6.45) is -1.54. The lowest BCUT2D eigenvalue weighted by Crippen LogP contribution is -2.22. The van der Waals surface area contributed by atoms with Crippen LogP contribution in [0.2, 0.25) is 5.02 Å². The molecule has 6 nitrogen and oxygen atoms in total. The molecule has 4 rings (SSSR count).